The van der Waals surface area contributed by atoms with Gasteiger partial charge in [0.25, 0.3) is 0 Å². The van der Waals surface area contributed by atoms with E-state index >= 15 is 0 Å². The predicted octanol–water partition coefficient (Wildman–Crippen LogP) is 23.4. The molecular formula is C79H70N2O2. The third-order valence-corrected chi connectivity index (χ3v) is 19.2. The zero-order valence-electron chi connectivity index (χ0n) is 47.8. The highest BCUT2D eigenvalue weighted by Gasteiger charge is 2.28. The number of furan rings is 1. The summed E-state index contributed by atoms with van der Waals surface area (Å²) in [5.41, 5.74) is 19.9. The first-order valence-electron chi connectivity index (χ1n) is 30.8. The molecule has 15 rings (SSSR count). The zero-order chi connectivity index (χ0) is 55.5. The fraction of sp³-hybridized carbons (Fsp3) is 0.215. The van der Waals surface area contributed by atoms with E-state index < -0.39 is 0 Å². The molecule has 4 heteroatoms. The number of nitrogens with zero attached hydrogens (tertiary/aromatic N) is 2. The van der Waals surface area contributed by atoms with Gasteiger partial charge in [0.05, 0.1) is 22.7 Å². The van der Waals surface area contributed by atoms with E-state index in [0.29, 0.717) is 11.8 Å². The number of anilines is 6. The summed E-state index contributed by atoms with van der Waals surface area (Å²) < 4.78 is 7.34. The van der Waals surface area contributed by atoms with Crippen LogP contribution < -0.4 is 9.80 Å². The first-order valence-corrected chi connectivity index (χ1v) is 30.8. The molecule has 0 spiro atoms. The molecule has 2 saturated carbocycles. The molecule has 2 fully saturated rings. The Morgan fingerprint density at radius 3 is 1.60 bits per heavy atom. The van der Waals surface area contributed by atoms with Gasteiger partial charge in [-0.25, -0.2) is 0 Å². The van der Waals surface area contributed by atoms with E-state index in [1.54, 1.807) is 0 Å². The van der Waals surface area contributed by atoms with Crippen LogP contribution in [-0.2, 0) is 0 Å². The number of phenolic OH excluding ortho intramolecular Hbond substituents is 1. The van der Waals surface area contributed by atoms with Gasteiger partial charge in [0, 0.05) is 44.0 Å². The Morgan fingerprint density at radius 1 is 0.458 bits per heavy atom. The van der Waals surface area contributed by atoms with Crippen molar-refractivity contribution in [3.05, 3.63) is 240 Å². The summed E-state index contributed by atoms with van der Waals surface area (Å²) in [7, 11) is 0. The summed E-state index contributed by atoms with van der Waals surface area (Å²) in [6, 6.07) is 74.0. The smallest absolute Gasteiger partial charge is 0.159 e. The molecule has 408 valence electrons. The molecule has 4 nitrogen and oxygen atoms in total. The van der Waals surface area contributed by atoms with Crippen molar-refractivity contribution >= 4 is 94.0 Å². The number of benzene rings is 11. The van der Waals surface area contributed by atoms with E-state index in [9.17, 15) is 5.11 Å². The molecular weight excluding hydrogens is 1010 g/mol. The van der Waals surface area contributed by atoms with Crippen LogP contribution in [0.5, 0.6) is 5.75 Å². The van der Waals surface area contributed by atoms with Gasteiger partial charge in [-0.3, -0.25) is 0 Å². The molecule has 3 aliphatic rings. The molecule has 0 saturated heterocycles. The van der Waals surface area contributed by atoms with Gasteiger partial charge in [-0.15, -0.1) is 0 Å². The van der Waals surface area contributed by atoms with Crippen LogP contribution in [0.15, 0.2) is 222 Å². The molecule has 0 atom stereocenters. The summed E-state index contributed by atoms with van der Waals surface area (Å²) in [5.74, 6) is 1.41. The van der Waals surface area contributed by atoms with Gasteiger partial charge in [0.1, 0.15) is 11.3 Å². The number of fused-ring (bicyclic) bond motifs is 3. The Hall–Kier alpha value is -8.86. The lowest BCUT2D eigenvalue weighted by molar-refractivity contribution is 0.443. The largest absolute Gasteiger partial charge is 0.505 e. The molecule has 0 aliphatic heterocycles. The average Bonchev–Trinajstić information content (AvgIpc) is 4.15. The van der Waals surface area contributed by atoms with Crippen LogP contribution >= 0.6 is 0 Å². The summed E-state index contributed by atoms with van der Waals surface area (Å²) in [5, 5.41) is 22.2. The third-order valence-electron chi connectivity index (χ3n) is 19.2. The summed E-state index contributed by atoms with van der Waals surface area (Å²) in [6.45, 7) is 4.44. The van der Waals surface area contributed by atoms with Crippen LogP contribution in [-0.4, -0.2) is 5.11 Å². The standard InChI is InChI=1S/C79H70N2O2/c1-3-52-19-11-13-27-64(52)66-29-15-30-67-68-31-17-33-74(79(68)83-78(66)67)81(62-44-36-56(37-45-62)54-22-8-5-9-23-54)72-49-41-58-38-46-69-71(48-40-57-39-47-70(72)76(58)75(57)69)80(61-42-34-55(35-43-61)53-20-6-4-7-21-53)73-32-16-28-65(77(73)82)60-25-14-24-59(50-60)63-26-12-10-18-51(63)2/h10,12-18,24-50,53-54,82H,3-9,11,19-23H2,1-2H3. The maximum atomic E-state index is 12.9. The lowest BCUT2D eigenvalue weighted by atomic mass is 9.84. The highest BCUT2D eigenvalue weighted by Crippen LogP contribution is 2.52. The van der Waals surface area contributed by atoms with Gasteiger partial charge < -0.3 is 19.3 Å². The predicted molar refractivity (Wildman–Crippen MR) is 351 cm³/mol. The molecule has 0 unspecified atom stereocenters. The van der Waals surface area contributed by atoms with Crippen molar-refractivity contribution in [3.63, 3.8) is 0 Å². The second-order valence-electron chi connectivity index (χ2n) is 23.9. The van der Waals surface area contributed by atoms with Crippen molar-refractivity contribution in [2.45, 2.75) is 109 Å². The van der Waals surface area contributed by atoms with Crippen molar-refractivity contribution < 1.29 is 9.52 Å². The van der Waals surface area contributed by atoms with Crippen molar-refractivity contribution in [2.24, 2.45) is 0 Å². The van der Waals surface area contributed by atoms with Gasteiger partial charge in [0.15, 0.2) is 5.58 Å². The molecule has 0 radical (unpaired) electrons. The number of para-hydroxylation sites is 3. The second kappa shape index (κ2) is 21.5. The van der Waals surface area contributed by atoms with Crippen molar-refractivity contribution in [1.82, 2.24) is 0 Å². The SMILES string of the molecule is CCC1=C(c2cccc3c2oc2c(N(c4ccc(C5CCCCC5)cc4)c4ccc5ccc6c(N(c7ccc(C8CCCCC8)cc7)c7cccc(-c8cccc(-c9ccccc9C)c8)c7O)ccc7ccc4c5c76)cccc23)C=CCC1. The van der Waals surface area contributed by atoms with Gasteiger partial charge in [0.2, 0.25) is 0 Å². The minimum absolute atomic E-state index is 0.244. The topological polar surface area (TPSA) is 39.9 Å². The molecule has 1 heterocycles. The van der Waals surface area contributed by atoms with Crippen LogP contribution in [0.4, 0.5) is 34.1 Å². The average molecular weight is 1080 g/mol. The second-order valence-corrected chi connectivity index (χ2v) is 23.9. The van der Waals surface area contributed by atoms with Crippen LogP contribution in [0, 0.1) is 6.92 Å². The van der Waals surface area contributed by atoms with Crippen molar-refractivity contribution in [1.29, 1.82) is 0 Å². The number of aryl methyl sites for hydroxylation is 1. The highest BCUT2D eigenvalue weighted by atomic mass is 16.3. The van der Waals surface area contributed by atoms with Crippen LogP contribution in [0.2, 0.25) is 0 Å². The molecule has 12 aromatic rings. The first kappa shape index (κ1) is 51.1. The maximum Gasteiger partial charge on any atom is 0.159 e. The lowest BCUT2D eigenvalue weighted by Gasteiger charge is -2.30. The molecule has 11 aromatic carbocycles. The Bertz CT molecular complexity index is 4470. The van der Waals surface area contributed by atoms with Crippen molar-refractivity contribution in [3.8, 4) is 28.0 Å². The van der Waals surface area contributed by atoms with Gasteiger partial charge >= 0.3 is 0 Å². The van der Waals surface area contributed by atoms with E-state index in [-0.39, 0.29) is 5.75 Å². The minimum Gasteiger partial charge on any atom is -0.505 e. The van der Waals surface area contributed by atoms with E-state index in [1.807, 2.05) is 0 Å². The molecule has 0 amide bonds. The minimum atomic E-state index is 0.244. The number of hydrogen-bond donors (Lipinski definition) is 1. The first-order chi connectivity index (χ1) is 41.0. The van der Waals surface area contributed by atoms with Gasteiger partial charge in [-0.2, -0.15) is 0 Å². The third kappa shape index (κ3) is 8.97. The fourth-order valence-electron chi connectivity index (χ4n) is 14.9. The van der Waals surface area contributed by atoms with Gasteiger partial charge in [-0.05, 0) is 179 Å². The molecule has 0 bridgehead atoms. The molecule has 83 heavy (non-hydrogen) atoms. The summed E-state index contributed by atoms with van der Waals surface area (Å²) in [4.78, 5) is 4.78. The number of aromatic hydroxyl groups is 1. The van der Waals surface area contributed by atoms with Crippen LogP contribution in [0.3, 0.4) is 0 Å². The van der Waals surface area contributed by atoms with E-state index in [0.717, 1.165) is 103 Å². The van der Waals surface area contributed by atoms with E-state index in [2.05, 4.69) is 236 Å². The zero-order valence-corrected chi connectivity index (χ0v) is 47.8. The Morgan fingerprint density at radius 2 is 0.976 bits per heavy atom. The summed E-state index contributed by atoms with van der Waals surface area (Å²) in [6.07, 6.45) is 20.6. The number of hydrogen-bond acceptors (Lipinski definition) is 4. The van der Waals surface area contributed by atoms with Crippen LogP contribution in [0.25, 0.3) is 82.1 Å². The number of rotatable bonds is 12. The Kier molecular flexibility index (Phi) is 13.2. The maximum absolute atomic E-state index is 12.9. The van der Waals surface area contributed by atoms with E-state index in [1.165, 1.54) is 125 Å². The number of allylic oxidation sites excluding steroid dienone is 4. The van der Waals surface area contributed by atoms with Crippen molar-refractivity contribution in [2.75, 3.05) is 9.80 Å². The fourth-order valence-corrected chi connectivity index (χ4v) is 14.9. The lowest BCUT2D eigenvalue weighted by Crippen LogP contribution is -2.12. The molecule has 3 aliphatic carbocycles. The normalized spacial score (nSPS) is 15.4. The Balaban J connectivity index is 0.924. The molecule has 1 aromatic heterocycles. The van der Waals surface area contributed by atoms with Gasteiger partial charge in [-0.1, -0.05) is 209 Å². The summed E-state index contributed by atoms with van der Waals surface area (Å²) >= 11 is 0. The monoisotopic (exact) mass is 1080 g/mol. The Labute approximate surface area is 488 Å². The van der Waals surface area contributed by atoms with E-state index in [4.69, 9.17) is 4.42 Å². The van der Waals surface area contributed by atoms with Crippen LogP contribution in [0.1, 0.15) is 124 Å². The highest BCUT2D eigenvalue weighted by molar-refractivity contribution is 6.28. The molecule has 1 N–H and O–H groups in total. The number of phenols is 1. The quantitative estimate of drug-likeness (QED) is 0.124.